The fourth-order valence-corrected chi connectivity index (χ4v) is 2.70. The van der Waals surface area contributed by atoms with Crippen LogP contribution in [0, 0.1) is 0 Å². The maximum atomic E-state index is 12.1. The number of nitrogens with zero attached hydrogens (tertiary/aromatic N) is 1. The maximum absolute atomic E-state index is 12.1. The lowest BCUT2D eigenvalue weighted by Gasteiger charge is -2.24. The molecule has 1 atom stereocenters. The highest BCUT2D eigenvalue weighted by Gasteiger charge is 2.23. The molecule has 6 heteroatoms. The number of aryl methyl sites for hydroxylation is 1. The molecule has 0 spiro atoms. The van der Waals surface area contributed by atoms with Crippen LogP contribution in [0.4, 0.5) is 0 Å². The molecule has 1 amide bonds. The molecule has 2 N–H and O–H groups in total. The lowest BCUT2D eigenvalue weighted by atomic mass is 9.95. The van der Waals surface area contributed by atoms with Gasteiger partial charge in [0.1, 0.15) is 0 Å². The third-order valence-electron chi connectivity index (χ3n) is 3.96. The normalized spacial score (nSPS) is 17.0. The van der Waals surface area contributed by atoms with Gasteiger partial charge in [0.25, 0.3) is 5.91 Å². The van der Waals surface area contributed by atoms with Gasteiger partial charge in [-0.2, -0.15) is 5.10 Å². The van der Waals surface area contributed by atoms with Crippen LogP contribution in [-0.4, -0.2) is 34.2 Å². The second-order valence-electron chi connectivity index (χ2n) is 5.92. The first-order valence-electron chi connectivity index (χ1n) is 8.15. The molecule has 1 aliphatic carbocycles. The molecule has 1 aromatic rings. The number of aromatic amines is 1. The van der Waals surface area contributed by atoms with Crippen LogP contribution in [0.1, 0.15) is 68.6 Å². The molecule has 0 aliphatic heterocycles. The highest BCUT2D eigenvalue weighted by atomic mass is 16.5. The summed E-state index contributed by atoms with van der Waals surface area (Å²) in [6.45, 7) is 3.65. The number of aromatic nitrogens is 2. The molecule has 0 bridgehead atoms. The third kappa shape index (κ3) is 4.58. The molecule has 2 rings (SSSR count). The Morgan fingerprint density at radius 2 is 2.14 bits per heavy atom. The Bertz CT molecular complexity index is 506. The number of nitrogens with one attached hydrogen (secondary N) is 2. The summed E-state index contributed by atoms with van der Waals surface area (Å²) in [5.41, 5.74) is 1.12. The van der Waals surface area contributed by atoms with E-state index in [1.165, 1.54) is 6.42 Å². The molecule has 1 heterocycles. The van der Waals surface area contributed by atoms with Gasteiger partial charge in [0.05, 0.1) is 0 Å². The Labute approximate surface area is 131 Å². The SMILES string of the molecule is CCCc1cc(C(=O)OC(C)C(=O)NC2CCCCC2)n[nH]1. The number of carbonyl (C=O) groups excluding carboxylic acids is 2. The molecule has 6 nitrogen and oxygen atoms in total. The number of H-pyrrole nitrogens is 1. The number of rotatable bonds is 6. The molecule has 1 aliphatic rings. The van der Waals surface area contributed by atoms with Crippen LogP contribution in [0.15, 0.2) is 6.07 Å². The Morgan fingerprint density at radius 1 is 1.41 bits per heavy atom. The standard InChI is InChI=1S/C16H25N3O3/c1-3-7-13-10-14(19-18-13)16(21)22-11(2)15(20)17-12-8-5-4-6-9-12/h10-12H,3-9H2,1-2H3,(H,17,20)(H,18,19). The highest BCUT2D eigenvalue weighted by molar-refractivity contribution is 5.90. The summed E-state index contributed by atoms with van der Waals surface area (Å²) in [7, 11) is 0. The molecule has 1 saturated carbocycles. The predicted octanol–water partition coefficient (Wildman–Crippen LogP) is 2.36. The second-order valence-corrected chi connectivity index (χ2v) is 5.92. The van der Waals surface area contributed by atoms with Crippen molar-refractivity contribution in [1.29, 1.82) is 0 Å². The second kappa shape index (κ2) is 7.96. The van der Waals surface area contributed by atoms with Crippen LogP contribution in [0.25, 0.3) is 0 Å². The average Bonchev–Trinajstić information content (AvgIpc) is 2.97. The van der Waals surface area contributed by atoms with Gasteiger partial charge in [-0.1, -0.05) is 32.6 Å². The van der Waals surface area contributed by atoms with Crippen LogP contribution in [-0.2, 0) is 16.0 Å². The number of hydrogen-bond donors (Lipinski definition) is 2. The van der Waals surface area contributed by atoms with Crippen molar-refractivity contribution in [2.75, 3.05) is 0 Å². The predicted molar refractivity (Wildman–Crippen MR) is 82.5 cm³/mol. The van der Waals surface area contributed by atoms with E-state index < -0.39 is 12.1 Å². The number of ether oxygens (including phenoxy) is 1. The zero-order valence-corrected chi connectivity index (χ0v) is 13.4. The fourth-order valence-electron chi connectivity index (χ4n) is 2.70. The number of hydrogen-bond acceptors (Lipinski definition) is 4. The zero-order chi connectivity index (χ0) is 15.9. The smallest absolute Gasteiger partial charge is 0.359 e. The van der Waals surface area contributed by atoms with Gasteiger partial charge < -0.3 is 10.1 Å². The van der Waals surface area contributed by atoms with Gasteiger partial charge in [0.15, 0.2) is 11.8 Å². The van der Waals surface area contributed by atoms with Crippen molar-refractivity contribution in [2.45, 2.75) is 70.9 Å². The number of carbonyl (C=O) groups is 2. The topological polar surface area (TPSA) is 84.1 Å². The Hall–Kier alpha value is -1.85. The molecule has 1 aromatic heterocycles. The highest BCUT2D eigenvalue weighted by Crippen LogP contribution is 2.17. The van der Waals surface area contributed by atoms with Crippen molar-refractivity contribution < 1.29 is 14.3 Å². The van der Waals surface area contributed by atoms with E-state index >= 15 is 0 Å². The molecular weight excluding hydrogens is 282 g/mol. The Morgan fingerprint density at radius 3 is 2.82 bits per heavy atom. The monoisotopic (exact) mass is 307 g/mol. The van der Waals surface area contributed by atoms with E-state index in [0.717, 1.165) is 44.2 Å². The number of amides is 1. The van der Waals surface area contributed by atoms with Crippen LogP contribution in [0.2, 0.25) is 0 Å². The van der Waals surface area contributed by atoms with Gasteiger partial charge in [0, 0.05) is 11.7 Å². The summed E-state index contributed by atoms with van der Waals surface area (Å²) in [6, 6.07) is 1.89. The lowest BCUT2D eigenvalue weighted by molar-refractivity contribution is -0.130. The summed E-state index contributed by atoms with van der Waals surface area (Å²) in [5, 5.41) is 9.69. The molecule has 0 aromatic carbocycles. The van der Waals surface area contributed by atoms with Gasteiger partial charge in [-0.15, -0.1) is 0 Å². The Balaban J connectivity index is 1.82. The molecule has 0 saturated heterocycles. The van der Waals surface area contributed by atoms with Crippen LogP contribution in [0.3, 0.4) is 0 Å². The Kier molecular flexibility index (Phi) is 5.98. The lowest BCUT2D eigenvalue weighted by Crippen LogP contribution is -2.42. The summed E-state index contributed by atoms with van der Waals surface area (Å²) in [5.74, 6) is -0.797. The largest absolute Gasteiger partial charge is 0.448 e. The van der Waals surface area contributed by atoms with Gasteiger partial charge in [0.2, 0.25) is 0 Å². The molecule has 22 heavy (non-hydrogen) atoms. The van der Waals surface area contributed by atoms with E-state index in [0.29, 0.717) is 0 Å². The molecular formula is C16H25N3O3. The van der Waals surface area contributed by atoms with Crippen LogP contribution in [0.5, 0.6) is 0 Å². The van der Waals surface area contributed by atoms with Crippen molar-refractivity contribution in [3.8, 4) is 0 Å². The first kappa shape index (κ1) is 16.5. The maximum Gasteiger partial charge on any atom is 0.359 e. The third-order valence-corrected chi connectivity index (χ3v) is 3.96. The van der Waals surface area contributed by atoms with E-state index in [4.69, 9.17) is 4.74 Å². The quantitative estimate of drug-likeness (QED) is 0.790. The van der Waals surface area contributed by atoms with E-state index in [1.807, 2.05) is 0 Å². The van der Waals surface area contributed by atoms with Crippen molar-refractivity contribution in [2.24, 2.45) is 0 Å². The zero-order valence-electron chi connectivity index (χ0n) is 13.4. The summed E-state index contributed by atoms with van der Waals surface area (Å²) >= 11 is 0. The van der Waals surface area contributed by atoms with E-state index in [1.54, 1.807) is 13.0 Å². The minimum atomic E-state index is -0.805. The number of esters is 1. The minimum absolute atomic E-state index is 0.212. The average molecular weight is 307 g/mol. The van der Waals surface area contributed by atoms with Crippen molar-refractivity contribution >= 4 is 11.9 Å². The first-order valence-corrected chi connectivity index (χ1v) is 8.15. The van der Waals surface area contributed by atoms with Crippen molar-refractivity contribution in [1.82, 2.24) is 15.5 Å². The van der Waals surface area contributed by atoms with Crippen molar-refractivity contribution in [3.63, 3.8) is 0 Å². The van der Waals surface area contributed by atoms with Crippen LogP contribution < -0.4 is 5.32 Å². The van der Waals surface area contributed by atoms with Crippen LogP contribution >= 0.6 is 0 Å². The van der Waals surface area contributed by atoms with E-state index in [2.05, 4.69) is 22.4 Å². The van der Waals surface area contributed by atoms with E-state index in [-0.39, 0.29) is 17.6 Å². The van der Waals surface area contributed by atoms with Crippen molar-refractivity contribution in [3.05, 3.63) is 17.5 Å². The van der Waals surface area contributed by atoms with Gasteiger partial charge in [-0.3, -0.25) is 9.89 Å². The molecule has 122 valence electrons. The van der Waals surface area contributed by atoms with Gasteiger partial charge in [-0.05, 0) is 32.3 Å². The fraction of sp³-hybridized carbons (Fsp3) is 0.688. The summed E-state index contributed by atoms with van der Waals surface area (Å²) in [4.78, 5) is 24.1. The molecule has 1 fully saturated rings. The summed E-state index contributed by atoms with van der Waals surface area (Å²) in [6.07, 6.45) is 6.53. The summed E-state index contributed by atoms with van der Waals surface area (Å²) < 4.78 is 5.20. The van der Waals surface area contributed by atoms with Gasteiger partial charge >= 0.3 is 5.97 Å². The minimum Gasteiger partial charge on any atom is -0.448 e. The van der Waals surface area contributed by atoms with Gasteiger partial charge in [-0.25, -0.2) is 4.79 Å². The molecule has 0 radical (unpaired) electrons. The molecule has 1 unspecified atom stereocenters. The first-order chi connectivity index (χ1) is 10.6. The van der Waals surface area contributed by atoms with E-state index in [9.17, 15) is 9.59 Å².